The number of carbonyl (C=O) groups is 3. The first-order valence-corrected chi connectivity index (χ1v) is 10.3. The van der Waals surface area contributed by atoms with E-state index in [1.165, 1.54) is 7.11 Å². The third-order valence-electron chi connectivity index (χ3n) is 4.37. The second-order valence-corrected chi connectivity index (χ2v) is 7.92. The molecule has 0 radical (unpaired) electrons. The lowest BCUT2D eigenvalue weighted by atomic mass is 10.0. The van der Waals surface area contributed by atoms with Gasteiger partial charge in [-0.05, 0) is 30.0 Å². The predicted molar refractivity (Wildman–Crippen MR) is 117 cm³/mol. The van der Waals surface area contributed by atoms with Crippen LogP contribution in [0.15, 0.2) is 24.3 Å². The molecule has 0 fully saturated rings. The number of anilines is 2. The molecule has 2 rings (SSSR count). The Morgan fingerprint density at radius 1 is 1.17 bits per heavy atom. The maximum Gasteiger partial charge on any atom is 0.341 e. The number of nitrogens with one attached hydrogen (secondary N) is 2. The van der Waals surface area contributed by atoms with Gasteiger partial charge in [-0.25, -0.2) is 4.79 Å². The molecular formula is C21H27N3O5S. The van der Waals surface area contributed by atoms with E-state index in [4.69, 9.17) is 15.2 Å². The molecule has 1 aromatic heterocycles. The van der Waals surface area contributed by atoms with E-state index in [0.29, 0.717) is 11.5 Å². The van der Waals surface area contributed by atoms with Crippen molar-refractivity contribution in [2.75, 3.05) is 37.5 Å². The number of benzene rings is 1. The Balaban J connectivity index is 2.16. The maximum atomic E-state index is 12.5. The third-order valence-corrected chi connectivity index (χ3v) is 5.59. The summed E-state index contributed by atoms with van der Waals surface area (Å²) in [6, 6.07) is 7.74. The molecule has 0 aliphatic rings. The number of hydrogen-bond donors (Lipinski definition) is 3. The van der Waals surface area contributed by atoms with Gasteiger partial charge in [-0.15, -0.1) is 11.3 Å². The number of primary amides is 1. The summed E-state index contributed by atoms with van der Waals surface area (Å²) in [4.78, 5) is 36.9. The molecule has 0 saturated carbocycles. The van der Waals surface area contributed by atoms with Crippen LogP contribution in [0.5, 0.6) is 0 Å². The minimum absolute atomic E-state index is 0.00918. The number of rotatable bonds is 10. The lowest BCUT2D eigenvalue weighted by Crippen LogP contribution is -2.23. The third kappa shape index (κ3) is 5.80. The molecule has 0 atom stereocenters. The van der Waals surface area contributed by atoms with Crippen molar-refractivity contribution in [1.29, 1.82) is 0 Å². The van der Waals surface area contributed by atoms with E-state index in [0.717, 1.165) is 22.6 Å². The van der Waals surface area contributed by atoms with Crippen LogP contribution in [0.1, 0.15) is 50.9 Å². The van der Waals surface area contributed by atoms with Crippen molar-refractivity contribution in [3.05, 3.63) is 45.8 Å². The number of amides is 2. The van der Waals surface area contributed by atoms with Crippen LogP contribution in [0, 0.1) is 6.92 Å². The summed E-state index contributed by atoms with van der Waals surface area (Å²) in [5, 5.41) is 6.04. The van der Waals surface area contributed by atoms with Gasteiger partial charge in [-0.3, -0.25) is 9.59 Å². The summed E-state index contributed by atoms with van der Waals surface area (Å²) in [7, 11) is 1.49. The lowest BCUT2D eigenvalue weighted by molar-refractivity contribution is -0.114. The Labute approximate surface area is 179 Å². The molecule has 0 bridgehead atoms. The van der Waals surface area contributed by atoms with Crippen molar-refractivity contribution >= 4 is 39.8 Å². The van der Waals surface area contributed by atoms with Crippen molar-refractivity contribution in [3.8, 4) is 0 Å². The molecule has 4 N–H and O–H groups in total. The number of ether oxygens (including phenoxy) is 2. The second kappa shape index (κ2) is 10.7. The smallest absolute Gasteiger partial charge is 0.341 e. The molecule has 1 heterocycles. The Morgan fingerprint density at radius 2 is 1.87 bits per heavy atom. The molecule has 2 amide bonds. The van der Waals surface area contributed by atoms with Crippen molar-refractivity contribution in [2.24, 2.45) is 5.73 Å². The number of hydrogen-bond acceptors (Lipinski definition) is 7. The van der Waals surface area contributed by atoms with E-state index in [9.17, 15) is 14.4 Å². The Morgan fingerprint density at radius 3 is 2.50 bits per heavy atom. The number of esters is 1. The minimum atomic E-state index is -0.673. The zero-order valence-corrected chi connectivity index (χ0v) is 18.4. The Kier molecular flexibility index (Phi) is 8.37. The molecule has 1 aromatic carbocycles. The molecule has 8 nitrogen and oxygen atoms in total. The summed E-state index contributed by atoms with van der Waals surface area (Å²) in [5.74, 6) is -1.39. The number of nitrogens with two attached hydrogens (primary N) is 1. The van der Waals surface area contributed by atoms with Gasteiger partial charge in [0.05, 0.1) is 23.6 Å². The van der Waals surface area contributed by atoms with Gasteiger partial charge in [-0.2, -0.15) is 0 Å². The van der Waals surface area contributed by atoms with Gasteiger partial charge < -0.3 is 25.8 Å². The van der Waals surface area contributed by atoms with Gasteiger partial charge in [0.1, 0.15) is 11.6 Å². The average Bonchev–Trinajstić information content (AvgIpc) is 3.02. The number of carbonyl (C=O) groups excluding carboxylic acids is 3. The SMILES string of the molecule is COCCOC(=O)c1c(NC(=O)CNc2ccccc2C(C)C)sc(C(N)=O)c1C. The fourth-order valence-corrected chi connectivity index (χ4v) is 3.94. The molecule has 0 aliphatic carbocycles. The van der Waals surface area contributed by atoms with Crippen LogP contribution in [0.3, 0.4) is 0 Å². The summed E-state index contributed by atoms with van der Waals surface area (Å²) in [6.07, 6.45) is 0. The van der Waals surface area contributed by atoms with Crippen molar-refractivity contribution in [3.63, 3.8) is 0 Å². The number of methoxy groups -OCH3 is 1. The van der Waals surface area contributed by atoms with Crippen LogP contribution in [-0.4, -0.2) is 44.7 Å². The summed E-state index contributed by atoms with van der Waals surface area (Å²) in [5.41, 5.74) is 7.86. The van der Waals surface area contributed by atoms with Crippen molar-refractivity contribution in [2.45, 2.75) is 26.7 Å². The van der Waals surface area contributed by atoms with Gasteiger partial charge in [0, 0.05) is 12.8 Å². The van der Waals surface area contributed by atoms with Crippen LogP contribution in [0.2, 0.25) is 0 Å². The largest absolute Gasteiger partial charge is 0.460 e. The Bertz CT molecular complexity index is 923. The van der Waals surface area contributed by atoms with Gasteiger partial charge >= 0.3 is 5.97 Å². The fraction of sp³-hybridized carbons (Fsp3) is 0.381. The first kappa shape index (κ1) is 23.4. The molecule has 0 aliphatic heterocycles. The van der Waals surface area contributed by atoms with E-state index in [-0.39, 0.29) is 41.1 Å². The van der Waals surface area contributed by atoms with E-state index < -0.39 is 11.9 Å². The highest BCUT2D eigenvalue weighted by atomic mass is 32.1. The molecule has 0 spiro atoms. The standard InChI is InChI=1S/C21H27N3O5S/c1-12(2)14-7-5-6-8-15(14)23-11-16(25)24-20-17(21(27)29-10-9-28-4)13(3)18(30-20)19(22)26/h5-8,12,23H,9-11H2,1-4H3,(H2,22,26)(H,24,25). The van der Waals surface area contributed by atoms with Crippen LogP contribution >= 0.6 is 11.3 Å². The zero-order valence-electron chi connectivity index (χ0n) is 17.5. The highest BCUT2D eigenvalue weighted by molar-refractivity contribution is 7.18. The topological polar surface area (TPSA) is 120 Å². The fourth-order valence-electron chi connectivity index (χ4n) is 2.88. The normalized spacial score (nSPS) is 10.7. The van der Waals surface area contributed by atoms with E-state index in [1.807, 2.05) is 24.3 Å². The zero-order chi connectivity index (χ0) is 22.3. The van der Waals surface area contributed by atoms with Crippen LogP contribution < -0.4 is 16.4 Å². The Hall–Kier alpha value is -2.91. The minimum Gasteiger partial charge on any atom is -0.460 e. The van der Waals surface area contributed by atoms with Gasteiger partial charge in [0.2, 0.25) is 5.91 Å². The number of para-hydroxylation sites is 1. The molecule has 162 valence electrons. The van der Waals surface area contributed by atoms with Crippen molar-refractivity contribution in [1.82, 2.24) is 0 Å². The average molecular weight is 434 g/mol. The monoisotopic (exact) mass is 433 g/mol. The quantitative estimate of drug-likeness (QED) is 0.391. The maximum absolute atomic E-state index is 12.5. The number of thiophene rings is 1. The predicted octanol–water partition coefficient (Wildman–Crippen LogP) is 3.13. The van der Waals surface area contributed by atoms with Crippen LogP contribution in [-0.2, 0) is 14.3 Å². The highest BCUT2D eigenvalue weighted by Gasteiger charge is 2.25. The molecular weight excluding hydrogens is 406 g/mol. The van der Waals surface area contributed by atoms with E-state index in [1.54, 1.807) is 6.92 Å². The molecule has 0 saturated heterocycles. The van der Waals surface area contributed by atoms with Crippen molar-refractivity contribution < 1.29 is 23.9 Å². The van der Waals surface area contributed by atoms with Crippen LogP contribution in [0.4, 0.5) is 10.7 Å². The molecule has 9 heteroatoms. The summed E-state index contributed by atoms with van der Waals surface area (Å²) < 4.78 is 10.0. The summed E-state index contributed by atoms with van der Waals surface area (Å²) >= 11 is 0.953. The summed E-state index contributed by atoms with van der Waals surface area (Å²) in [6.45, 7) is 6.01. The molecule has 0 unspecified atom stereocenters. The second-order valence-electron chi connectivity index (χ2n) is 6.90. The van der Waals surface area contributed by atoms with E-state index >= 15 is 0 Å². The van der Waals surface area contributed by atoms with Crippen LogP contribution in [0.25, 0.3) is 0 Å². The van der Waals surface area contributed by atoms with Gasteiger partial charge in [0.25, 0.3) is 5.91 Å². The highest BCUT2D eigenvalue weighted by Crippen LogP contribution is 2.33. The van der Waals surface area contributed by atoms with E-state index in [2.05, 4.69) is 24.5 Å². The first-order valence-electron chi connectivity index (χ1n) is 9.48. The van der Waals surface area contributed by atoms with Gasteiger partial charge in [-0.1, -0.05) is 32.0 Å². The lowest BCUT2D eigenvalue weighted by Gasteiger charge is -2.14. The molecule has 30 heavy (non-hydrogen) atoms. The van der Waals surface area contributed by atoms with Gasteiger partial charge in [0.15, 0.2) is 0 Å². The molecule has 2 aromatic rings. The first-order chi connectivity index (χ1) is 14.3.